The van der Waals surface area contributed by atoms with E-state index < -0.39 is 0 Å². The first kappa shape index (κ1) is 13.3. The van der Waals surface area contributed by atoms with Gasteiger partial charge in [0.2, 0.25) is 0 Å². The average Bonchev–Trinajstić information content (AvgIpc) is 2.45. The van der Waals surface area contributed by atoms with Crippen LogP contribution in [0.2, 0.25) is 8.67 Å². The highest BCUT2D eigenvalue weighted by Crippen LogP contribution is 2.31. The minimum absolute atomic E-state index is 0.319. The molecule has 1 rings (SSSR count). The molecule has 1 aromatic heterocycles. The molecule has 0 fully saturated rings. The number of halogens is 2. The maximum Gasteiger partial charge on any atom is 0.0989 e. The van der Waals surface area contributed by atoms with Gasteiger partial charge >= 0.3 is 0 Å². The van der Waals surface area contributed by atoms with Crippen LogP contribution in [0.5, 0.6) is 0 Å². The van der Waals surface area contributed by atoms with E-state index in [9.17, 15) is 0 Å². The van der Waals surface area contributed by atoms with Crippen molar-refractivity contribution in [1.29, 1.82) is 0 Å². The van der Waals surface area contributed by atoms with Crippen molar-refractivity contribution in [2.75, 3.05) is 6.54 Å². The molecule has 0 amide bonds. The van der Waals surface area contributed by atoms with E-state index in [0.29, 0.717) is 18.5 Å². The highest BCUT2D eigenvalue weighted by Gasteiger charge is 2.12. The number of hydrogen-bond donors (Lipinski definition) is 2. The molecule has 3 N–H and O–H groups in total. The molecule has 1 heterocycles. The van der Waals surface area contributed by atoms with Gasteiger partial charge in [-0.2, -0.15) is 0 Å². The van der Waals surface area contributed by atoms with Gasteiger partial charge in [-0.25, -0.2) is 0 Å². The molecule has 5 heteroatoms. The zero-order chi connectivity index (χ0) is 11.4. The first-order valence-corrected chi connectivity index (χ1v) is 6.49. The molecule has 1 aromatic rings. The van der Waals surface area contributed by atoms with Gasteiger partial charge in [-0.15, -0.1) is 11.3 Å². The molecule has 0 aliphatic rings. The fraction of sp³-hybridized carbons (Fsp3) is 0.600. The Bertz CT molecular complexity index is 312. The van der Waals surface area contributed by atoms with Crippen LogP contribution in [0.25, 0.3) is 0 Å². The van der Waals surface area contributed by atoms with Gasteiger partial charge < -0.3 is 11.1 Å². The molecular formula is C10H16Cl2N2S. The third-order valence-corrected chi connectivity index (χ3v) is 3.91. The molecule has 0 aromatic carbocycles. The van der Waals surface area contributed by atoms with Crippen LogP contribution >= 0.6 is 34.5 Å². The predicted molar refractivity (Wildman–Crippen MR) is 68.9 cm³/mol. The largest absolute Gasteiger partial charge is 0.329 e. The quantitative estimate of drug-likeness (QED) is 0.860. The van der Waals surface area contributed by atoms with Crippen LogP contribution in [0.3, 0.4) is 0 Å². The van der Waals surface area contributed by atoms with Gasteiger partial charge in [0.1, 0.15) is 0 Å². The van der Waals surface area contributed by atoms with E-state index in [-0.39, 0.29) is 0 Å². The van der Waals surface area contributed by atoms with E-state index >= 15 is 0 Å². The monoisotopic (exact) mass is 266 g/mol. The molecule has 0 radical (unpaired) electrons. The van der Waals surface area contributed by atoms with Crippen LogP contribution in [-0.4, -0.2) is 12.6 Å². The molecule has 0 aliphatic carbocycles. The number of hydrogen-bond acceptors (Lipinski definition) is 3. The first-order valence-electron chi connectivity index (χ1n) is 4.91. The lowest BCUT2D eigenvalue weighted by Gasteiger charge is -2.20. The maximum atomic E-state index is 6.01. The summed E-state index contributed by atoms with van der Waals surface area (Å²) in [6.07, 6.45) is 0. The summed E-state index contributed by atoms with van der Waals surface area (Å²) in [6.45, 7) is 5.65. The summed E-state index contributed by atoms with van der Waals surface area (Å²) in [5.41, 5.74) is 6.71. The average molecular weight is 267 g/mol. The third-order valence-electron chi connectivity index (χ3n) is 2.34. The Morgan fingerprint density at radius 2 is 2.13 bits per heavy atom. The second-order valence-corrected chi connectivity index (χ2v) is 6.10. The SMILES string of the molecule is CC(C)C(CN)NCc1cc(Cl)sc1Cl. The van der Waals surface area contributed by atoms with Crippen LogP contribution in [0, 0.1) is 5.92 Å². The van der Waals surface area contributed by atoms with E-state index in [0.717, 1.165) is 20.8 Å². The normalized spacial score (nSPS) is 13.5. The summed E-state index contributed by atoms with van der Waals surface area (Å²) in [4.78, 5) is 0. The molecule has 0 saturated carbocycles. The number of nitrogens with two attached hydrogens (primary N) is 1. The van der Waals surface area contributed by atoms with Crippen molar-refractivity contribution in [3.63, 3.8) is 0 Å². The highest BCUT2D eigenvalue weighted by molar-refractivity contribution is 7.20. The van der Waals surface area contributed by atoms with Gasteiger partial charge in [0.05, 0.1) is 8.67 Å². The molecule has 15 heavy (non-hydrogen) atoms. The third kappa shape index (κ3) is 3.93. The Morgan fingerprint density at radius 3 is 2.53 bits per heavy atom. The summed E-state index contributed by atoms with van der Waals surface area (Å²) in [6, 6.07) is 2.22. The molecule has 1 atom stereocenters. The molecule has 1 unspecified atom stereocenters. The van der Waals surface area contributed by atoms with Crippen LogP contribution < -0.4 is 11.1 Å². The lowest BCUT2D eigenvalue weighted by atomic mass is 10.0. The second-order valence-electron chi connectivity index (χ2n) is 3.82. The number of nitrogens with one attached hydrogen (secondary N) is 1. The van der Waals surface area contributed by atoms with Gasteiger partial charge in [-0.1, -0.05) is 37.0 Å². The van der Waals surface area contributed by atoms with Gasteiger partial charge in [-0.3, -0.25) is 0 Å². The molecule has 0 aliphatic heterocycles. The molecular weight excluding hydrogens is 251 g/mol. The van der Waals surface area contributed by atoms with E-state index in [1.54, 1.807) is 0 Å². The zero-order valence-corrected chi connectivity index (χ0v) is 11.2. The van der Waals surface area contributed by atoms with Crippen LogP contribution in [0.1, 0.15) is 19.4 Å². The number of thiophene rings is 1. The smallest absolute Gasteiger partial charge is 0.0989 e. The first-order chi connectivity index (χ1) is 7.04. The topological polar surface area (TPSA) is 38.0 Å². The minimum atomic E-state index is 0.319. The molecule has 0 bridgehead atoms. The van der Waals surface area contributed by atoms with Crippen molar-refractivity contribution < 1.29 is 0 Å². The Morgan fingerprint density at radius 1 is 1.47 bits per heavy atom. The van der Waals surface area contributed by atoms with E-state index in [2.05, 4.69) is 19.2 Å². The van der Waals surface area contributed by atoms with Gasteiger partial charge in [0.15, 0.2) is 0 Å². The van der Waals surface area contributed by atoms with Crippen molar-refractivity contribution in [2.24, 2.45) is 11.7 Å². The zero-order valence-electron chi connectivity index (χ0n) is 8.89. The lowest BCUT2D eigenvalue weighted by Crippen LogP contribution is -2.39. The van der Waals surface area contributed by atoms with Crippen LogP contribution in [0.4, 0.5) is 0 Å². The van der Waals surface area contributed by atoms with Crippen LogP contribution in [0.15, 0.2) is 6.07 Å². The summed E-state index contributed by atoms with van der Waals surface area (Å²) in [7, 11) is 0. The van der Waals surface area contributed by atoms with E-state index in [1.807, 2.05) is 6.07 Å². The highest BCUT2D eigenvalue weighted by atomic mass is 35.5. The fourth-order valence-corrected chi connectivity index (χ4v) is 2.81. The van der Waals surface area contributed by atoms with Gasteiger partial charge in [0.25, 0.3) is 0 Å². The van der Waals surface area contributed by atoms with Crippen molar-refractivity contribution in [2.45, 2.75) is 26.4 Å². The van der Waals surface area contributed by atoms with Crippen molar-refractivity contribution in [3.05, 3.63) is 20.3 Å². The summed E-state index contributed by atoms with van der Waals surface area (Å²) in [5, 5.41) is 3.38. The predicted octanol–water partition coefficient (Wildman–Crippen LogP) is 3.13. The molecule has 86 valence electrons. The Labute approximate surface area is 105 Å². The number of rotatable bonds is 5. The minimum Gasteiger partial charge on any atom is -0.329 e. The maximum absolute atomic E-state index is 6.01. The standard InChI is InChI=1S/C10H16Cl2N2S/c1-6(2)8(4-13)14-5-7-3-9(11)15-10(7)12/h3,6,8,14H,4-5,13H2,1-2H3. The molecule has 0 saturated heterocycles. The fourth-order valence-electron chi connectivity index (χ4n) is 1.33. The second kappa shape index (κ2) is 6.06. The Kier molecular flexibility index (Phi) is 5.36. The van der Waals surface area contributed by atoms with Crippen molar-refractivity contribution in [3.8, 4) is 0 Å². The van der Waals surface area contributed by atoms with E-state index in [1.165, 1.54) is 11.3 Å². The summed E-state index contributed by atoms with van der Waals surface area (Å²) in [5.74, 6) is 0.517. The molecule has 0 spiro atoms. The van der Waals surface area contributed by atoms with Crippen LogP contribution in [-0.2, 0) is 6.54 Å². The molecule has 2 nitrogen and oxygen atoms in total. The Balaban J connectivity index is 2.52. The summed E-state index contributed by atoms with van der Waals surface area (Å²) >= 11 is 13.3. The van der Waals surface area contributed by atoms with Crippen molar-refractivity contribution >= 4 is 34.5 Å². The van der Waals surface area contributed by atoms with Gasteiger partial charge in [0, 0.05) is 19.1 Å². The van der Waals surface area contributed by atoms with E-state index in [4.69, 9.17) is 28.9 Å². The lowest BCUT2D eigenvalue weighted by molar-refractivity contribution is 0.405. The van der Waals surface area contributed by atoms with Crippen molar-refractivity contribution in [1.82, 2.24) is 5.32 Å². The Hall–Kier alpha value is 0.200. The summed E-state index contributed by atoms with van der Waals surface area (Å²) < 4.78 is 1.48. The van der Waals surface area contributed by atoms with Gasteiger partial charge in [-0.05, 0) is 17.5 Å².